The van der Waals surface area contributed by atoms with Crippen molar-refractivity contribution in [3.8, 4) is 5.75 Å². The van der Waals surface area contributed by atoms with Crippen LogP contribution in [0.2, 0.25) is 0 Å². The Hall–Kier alpha value is -3.16. The van der Waals surface area contributed by atoms with Crippen molar-refractivity contribution in [3.63, 3.8) is 0 Å². The van der Waals surface area contributed by atoms with Gasteiger partial charge in [-0.25, -0.2) is 8.42 Å². The molecule has 0 radical (unpaired) electrons. The monoisotopic (exact) mass is 456 g/mol. The molecule has 13 heteroatoms. The fourth-order valence-corrected chi connectivity index (χ4v) is 4.19. The van der Waals surface area contributed by atoms with E-state index < -0.39 is 27.2 Å². The highest BCUT2D eigenvalue weighted by Gasteiger charge is 2.28. The number of anilines is 1. The number of nitro benzene ring substituents is 1. The average Bonchev–Trinajstić information content (AvgIpc) is 2.75. The fourth-order valence-electron chi connectivity index (χ4n) is 2.77. The molecule has 1 aliphatic heterocycles. The first-order chi connectivity index (χ1) is 14.8. The average molecular weight is 456 g/mol. The molecule has 0 atom stereocenters. The minimum absolute atomic E-state index is 0.0140. The molecule has 10 nitrogen and oxygen atoms in total. The Labute approximate surface area is 176 Å². The van der Waals surface area contributed by atoms with Crippen LogP contribution in [-0.2, 0) is 14.8 Å². The Kier molecular flexibility index (Phi) is 7.09. The minimum Gasteiger partial charge on any atom is -0.435 e. The molecule has 1 fully saturated rings. The molecule has 0 aromatic heterocycles. The smallest absolute Gasteiger partial charge is 0.387 e. The molecule has 0 saturated carbocycles. The quantitative estimate of drug-likeness (QED) is 0.368. The van der Waals surface area contributed by atoms with E-state index in [0.29, 0.717) is 5.56 Å². The van der Waals surface area contributed by atoms with Crippen LogP contribution in [-0.4, -0.2) is 56.8 Å². The molecule has 1 aliphatic rings. The molecule has 2 aromatic carbocycles. The first kappa shape index (κ1) is 22.5. The van der Waals surface area contributed by atoms with Gasteiger partial charge in [0.1, 0.15) is 11.4 Å². The number of nitrogens with one attached hydrogen (secondary N) is 1. The van der Waals surface area contributed by atoms with Crippen molar-refractivity contribution in [1.29, 1.82) is 0 Å². The van der Waals surface area contributed by atoms with Gasteiger partial charge in [-0.3, -0.25) is 15.5 Å². The molecule has 0 unspecified atom stereocenters. The van der Waals surface area contributed by atoms with E-state index in [2.05, 4.69) is 15.3 Å². The van der Waals surface area contributed by atoms with Gasteiger partial charge in [0.05, 0.1) is 29.2 Å². The van der Waals surface area contributed by atoms with E-state index in [1.807, 2.05) is 0 Å². The lowest BCUT2D eigenvalue weighted by molar-refractivity contribution is -0.384. The van der Waals surface area contributed by atoms with Gasteiger partial charge in [-0.05, 0) is 42.0 Å². The molecule has 2 aromatic rings. The molecule has 1 N–H and O–H groups in total. The van der Waals surface area contributed by atoms with E-state index in [-0.39, 0.29) is 42.6 Å². The number of alkyl halides is 2. The second-order valence-electron chi connectivity index (χ2n) is 6.27. The Balaban J connectivity index is 1.75. The summed E-state index contributed by atoms with van der Waals surface area (Å²) in [5.74, 6) is -0.0205. The summed E-state index contributed by atoms with van der Waals surface area (Å²) in [6.45, 7) is -2.09. The SMILES string of the molecule is O=[N+]([O-])c1cc(S(=O)(=O)N2CCOCC2)ccc1NN=Cc1ccc(OC(F)F)cc1. The summed E-state index contributed by atoms with van der Waals surface area (Å²) in [6.07, 6.45) is 1.31. The standard InChI is InChI=1S/C18H18F2N4O6S/c19-18(20)30-14-3-1-13(2-4-14)12-21-22-16-6-5-15(11-17(16)24(25)26)31(27,28)23-7-9-29-10-8-23/h1-6,11-12,18,22H,7-10H2. The highest BCUT2D eigenvalue weighted by atomic mass is 32.2. The number of sulfonamides is 1. The summed E-state index contributed by atoms with van der Waals surface area (Å²) in [5, 5.41) is 15.3. The topological polar surface area (TPSA) is 123 Å². The van der Waals surface area contributed by atoms with E-state index in [9.17, 15) is 27.3 Å². The van der Waals surface area contributed by atoms with Crippen LogP contribution < -0.4 is 10.2 Å². The Bertz CT molecular complexity index is 1060. The van der Waals surface area contributed by atoms with Gasteiger partial charge in [0, 0.05) is 19.2 Å². The summed E-state index contributed by atoms with van der Waals surface area (Å²) < 4.78 is 60.3. The van der Waals surface area contributed by atoms with Crippen LogP contribution in [0.4, 0.5) is 20.2 Å². The van der Waals surface area contributed by atoms with Crippen molar-refractivity contribution >= 4 is 27.6 Å². The Morgan fingerprint density at radius 2 is 1.87 bits per heavy atom. The van der Waals surface area contributed by atoms with E-state index in [1.165, 1.54) is 46.9 Å². The third kappa shape index (κ3) is 5.71. The zero-order chi connectivity index (χ0) is 22.4. The lowest BCUT2D eigenvalue weighted by atomic mass is 10.2. The number of rotatable bonds is 8. The summed E-state index contributed by atoms with van der Waals surface area (Å²) in [4.78, 5) is 10.5. The number of benzene rings is 2. The molecule has 0 bridgehead atoms. The molecular weight excluding hydrogens is 438 g/mol. The van der Waals surface area contributed by atoms with Crippen LogP contribution in [0.3, 0.4) is 0 Å². The first-order valence-electron chi connectivity index (χ1n) is 8.97. The molecule has 0 spiro atoms. The Morgan fingerprint density at radius 3 is 2.48 bits per heavy atom. The van der Waals surface area contributed by atoms with Gasteiger partial charge in [-0.1, -0.05) is 0 Å². The number of ether oxygens (including phenoxy) is 2. The lowest BCUT2D eigenvalue weighted by Crippen LogP contribution is -2.40. The fraction of sp³-hybridized carbons (Fsp3) is 0.278. The molecule has 1 heterocycles. The van der Waals surface area contributed by atoms with Gasteiger partial charge in [0.2, 0.25) is 10.0 Å². The number of hydrazone groups is 1. The van der Waals surface area contributed by atoms with Crippen LogP contribution in [0.1, 0.15) is 5.56 Å². The van der Waals surface area contributed by atoms with Gasteiger partial charge < -0.3 is 9.47 Å². The van der Waals surface area contributed by atoms with Gasteiger partial charge in [-0.15, -0.1) is 0 Å². The number of morpholine rings is 1. The number of nitro groups is 1. The van der Waals surface area contributed by atoms with Gasteiger partial charge in [0.15, 0.2) is 0 Å². The maximum Gasteiger partial charge on any atom is 0.387 e. The molecule has 31 heavy (non-hydrogen) atoms. The van der Waals surface area contributed by atoms with Gasteiger partial charge >= 0.3 is 6.61 Å². The van der Waals surface area contributed by atoms with Crippen molar-refractivity contribution in [1.82, 2.24) is 4.31 Å². The number of hydrogen-bond donors (Lipinski definition) is 1. The van der Waals surface area contributed by atoms with E-state index >= 15 is 0 Å². The molecule has 0 amide bonds. The van der Waals surface area contributed by atoms with Gasteiger partial charge in [0.25, 0.3) is 5.69 Å². The van der Waals surface area contributed by atoms with E-state index in [4.69, 9.17) is 4.74 Å². The highest BCUT2D eigenvalue weighted by molar-refractivity contribution is 7.89. The van der Waals surface area contributed by atoms with Crippen LogP contribution >= 0.6 is 0 Å². The van der Waals surface area contributed by atoms with Crippen molar-refractivity contribution in [2.75, 3.05) is 31.7 Å². The zero-order valence-corrected chi connectivity index (χ0v) is 16.8. The number of halogens is 2. The van der Waals surface area contributed by atoms with Crippen LogP contribution in [0.25, 0.3) is 0 Å². The predicted molar refractivity (Wildman–Crippen MR) is 107 cm³/mol. The maximum absolute atomic E-state index is 12.7. The molecule has 0 aliphatic carbocycles. The van der Waals surface area contributed by atoms with Crippen LogP contribution in [0.5, 0.6) is 5.75 Å². The number of hydrogen-bond acceptors (Lipinski definition) is 8. The summed E-state index contributed by atoms with van der Waals surface area (Å²) in [5.41, 5.74) is 2.53. The third-order valence-corrected chi connectivity index (χ3v) is 6.17. The van der Waals surface area contributed by atoms with Crippen LogP contribution in [0.15, 0.2) is 52.5 Å². The highest BCUT2D eigenvalue weighted by Crippen LogP contribution is 2.29. The molecule has 3 rings (SSSR count). The third-order valence-electron chi connectivity index (χ3n) is 4.28. The van der Waals surface area contributed by atoms with Crippen molar-refractivity contribution < 1.29 is 31.6 Å². The van der Waals surface area contributed by atoms with Crippen molar-refractivity contribution in [3.05, 3.63) is 58.1 Å². The lowest BCUT2D eigenvalue weighted by Gasteiger charge is -2.26. The maximum atomic E-state index is 12.7. The van der Waals surface area contributed by atoms with E-state index in [1.54, 1.807) is 0 Å². The summed E-state index contributed by atoms with van der Waals surface area (Å²) in [6, 6.07) is 9.06. The van der Waals surface area contributed by atoms with Crippen LogP contribution in [0, 0.1) is 10.1 Å². The normalized spacial score (nSPS) is 15.3. The van der Waals surface area contributed by atoms with Crippen molar-refractivity contribution in [2.45, 2.75) is 11.5 Å². The second-order valence-corrected chi connectivity index (χ2v) is 8.21. The zero-order valence-electron chi connectivity index (χ0n) is 16.0. The van der Waals surface area contributed by atoms with Crippen molar-refractivity contribution in [2.24, 2.45) is 5.10 Å². The second kappa shape index (κ2) is 9.76. The first-order valence-corrected chi connectivity index (χ1v) is 10.4. The minimum atomic E-state index is -3.89. The Morgan fingerprint density at radius 1 is 1.19 bits per heavy atom. The predicted octanol–water partition coefficient (Wildman–Crippen LogP) is 2.66. The van der Waals surface area contributed by atoms with Gasteiger partial charge in [-0.2, -0.15) is 18.2 Å². The molecule has 1 saturated heterocycles. The largest absolute Gasteiger partial charge is 0.435 e. The molecule has 166 valence electrons. The van der Waals surface area contributed by atoms with E-state index in [0.717, 1.165) is 6.07 Å². The summed E-state index contributed by atoms with van der Waals surface area (Å²) >= 11 is 0. The molecular formula is C18H18F2N4O6S. The number of nitrogens with zero attached hydrogens (tertiary/aromatic N) is 3. The summed E-state index contributed by atoms with van der Waals surface area (Å²) in [7, 11) is -3.89.